The van der Waals surface area contributed by atoms with Gasteiger partial charge in [0.25, 0.3) is 0 Å². The molecule has 3 heterocycles. The Morgan fingerprint density at radius 3 is 2.57 bits per heavy atom. The third-order valence-corrected chi connectivity index (χ3v) is 11.1. The molecule has 2 aliphatic rings. The molecule has 1 aliphatic heterocycles. The zero-order chi connectivity index (χ0) is 32.3. The molecule has 1 aliphatic carbocycles. The number of benzene rings is 2. The molecule has 2 aromatic heterocycles. The molecule has 1 saturated carbocycles. The number of fused-ring (bicyclic) bond motifs is 1. The van der Waals surface area contributed by atoms with Gasteiger partial charge < -0.3 is 25.9 Å². The largest absolute Gasteiger partial charge is 0.389 e. The normalized spacial score (nSPS) is 16.9. The maximum Gasteiger partial charge on any atom is 0.226 e. The van der Waals surface area contributed by atoms with Crippen LogP contribution in [0, 0.1) is 5.92 Å². The van der Waals surface area contributed by atoms with Gasteiger partial charge in [-0.25, -0.2) is 12.7 Å². The van der Waals surface area contributed by atoms with Gasteiger partial charge in [-0.3, -0.25) is 4.79 Å². The Bertz CT molecular complexity index is 1810. The van der Waals surface area contributed by atoms with E-state index in [1.807, 2.05) is 30.5 Å². The maximum absolute atomic E-state index is 12.9. The van der Waals surface area contributed by atoms with Crippen LogP contribution < -0.4 is 16.4 Å². The van der Waals surface area contributed by atoms with Crippen molar-refractivity contribution in [2.75, 3.05) is 31.2 Å². The van der Waals surface area contributed by atoms with Gasteiger partial charge >= 0.3 is 0 Å². The number of thiocarbonyl (C=S) groups is 1. The minimum Gasteiger partial charge on any atom is -0.389 e. The smallest absolute Gasteiger partial charge is 0.226 e. The summed E-state index contributed by atoms with van der Waals surface area (Å²) in [4.78, 5) is 16.5. The van der Waals surface area contributed by atoms with Crippen LogP contribution in [0.4, 0.5) is 5.69 Å². The molecule has 46 heavy (non-hydrogen) atoms. The van der Waals surface area contributed by atoms with Crippen molar-refractivity contribution in [2.45, 2.75) is 64.0 Å². The van der Waals surface area contributed by atoms with Crippen molar-refractivity contribution in [3.8, 4) is 11.1 Å². The van der Waals surface area contributed by atoms with Gasteiger partial charge in [-0.2, -0.15) is 0 Å². The third kappa shape index (κ3) is 7.65. The summed E-state index contributed by atoms with van der Waals surface area (Å²) in [7, 11) is -3.22. The molecule has 0 unspecified atom stereocenters. The van der Waals surface area contributed by atoms with Crippen molar-refractivity contribution in [1.29, 1.82) is 0 Å². The lowest BCUT2D eigenvalue weighted by Crippen LogP contribution is -2.38. The monoisotopic (exact) mass is 660 g/mol. The van der Waals surface area contributed by atoms with E-state index >= 15 is 0 Å². The van der Waals surface area contributed by atoms with Gasteiger partial charge in [0.15, 0.2) is 0 Å². The highest BCUT2D eigenvalue weighted by atomic mass is 32.2. The molecule has 0 radical (unpaired) electrons. The van der Waals surface area contributed by atoms with Crippen molar-refractivity contribution in [3.63, 3.8) is 0 Å². The number of nitrogens with zero attached hydrogens (tertiary/aromatic N) is 2. The topological polar surface area (TPSA) is 125 Å². The van der Waals surface area contributed by atoms with E-state index in [4.69, 9.17) is 18.0 Å². The molecule has 2 aromatic carbocycles. The Hall–Kier alpha value is -3.67. The van der Waals surface area contributed by atoms with E-state index in [0.717, 1.165) is 69.8 Å². The predicted octanol–water partition coefficient (Wildman–Crippen LogP) is 5.72. The van der Waals surface area contributed by atoms with Crippen LogP contribution in [0.15, 0.2) is 60.9 Å². The molecule has 1 saturated heterocycles. The molecule has 244 valence electrons. The third-order valence-electron chi connectivity index (χ3n) is 9.55. The number of piperidine rings is 1. The van der Waals surface area contributed by atoms with E-state index in [1.165, 1.54) is 38.4 Å². The Labute approximate surface area is 277 Å². The SMILES string of the molecule is CS(=O)(=O)N1CCC(n2cc(-c3cccc(C(N)=S)c3)c3ccc(CNC(=O)Cc4cc(NCC5CCCCC5)c[nH]4)cc32)CC1. The minimum absolute atomic E-state index is 0.0421. The van der Waals surface area contributed by atoms with E-state index in [-0.39, 0.29) is 18.4 Å². The lowest BCUT2D eigenvalue weighted by molar-refractivity contribution is -0.120. The molecule has 6 rings (SSSR count). The van der Waals surface area contributed by atoms with Gasteiger partial charge in [-0.05, 0) is 60.9 Å². The zero-order valence-corrected chi connectivity index (χ0v) is 28.1. The second-order valence-corrected chi connectivity index (χ2v) is 15.3. The van der Waals surface area contributed by atoms with Crippen molar-refractivity contribution in [1.82, 2.24) is 19.2 Å². The average molecular weight is 661 g/mol. The number of carbonyl (C=O) groups is 1. The highest BCUT2D eigenvalue weighted by molar-refractivity contribution is 7.88. The predicted molar refractivity (Wildman–Crippen MR) is 189 cm³/mol. The van der Waals surface area contributed by atoms with E-state index in [9.17, 15) is 13.2 Å². The molecule has 2 fully saturated rings. The quantitative estimate of drug-likeness (QED) is 0.153. The fraction of sp³-hybridized carbons (Fsp3) is 0.429. The molecule has 4 aromatic rings. The summed E-state index contributed by atoms with van der Waals surface area (Å²) >= 11 is 5.24. The lowest BCUT2D eigenvalue weighted by Gasteiger charge is -2.31. The Morgan fingerprint density at radius 1 is 1.04 bits per heavy atom. The highest BCUT2D eigenvalue weighted by Crippen LogP contribution is 2.36. The second kappa shape index (κ2) is 14.0. The number of hydrogen-bond acceptors (Lipinski definition) is 5. The first-order valence-electron chi connectivity index (χ1n) is 16.3. The summed E-state index contributed by atoms with van der Waals surface area (Å²) in [5, 5.41) is 7.72. The molecule has 9 nitrogen and oxygen atoms in total. The zero-order valence-electron chi connectivity index (χ0n) is 26.4. The van der Waals surface area contributed by atoms with Gasteiger partial charge in [0.1, 0.15) is 4.99 Å². The number of aromatic amines is 1. The van der Waals surface area contributed by atoms with Gasteiger partial charge in [0.2, 0.25) is 15.9 Å². The van der Waals surface area contributed by atoms with Gasteiger partial charge in [-0.15, -0.1) is 0 Å². The summed E-state index contributed by atoms with van der Waals surface area (Å²) in [5.74, 6) is 0.694. The summed E-state index contributed by atoms with van der Waals surface area (Å²) in [5.41, 5.74) is 12.8. The van der Waals surface area contributed by atoms with Gasteiger partial charge in [-0.1, -0.05) is 61.8 Å². The molecule has 0 bridgehead atoms. The molecule has 0 spiro atoms. The number of aromatic nitrogens is 2. The molecule has 0 atom stereocenters. The van der Waals surface area contributed by atoms with E-state index in [2.05, 4.69) is 50.6 Å². The number of sulfonamides is 1. The van der Waals surface area contributed by atoms with Gasteiger partial charge in [0, 0.05) is 72.3 Å². The average Bonchev–Trinajstić information content (AvgIpc) is 3.67. The Morgan fingerprint density at radius 2 is 1.83 bits per heavy atom. The number of rotatable bonds is 11. The number of hydrogen-bond donors (Lipinski definition) is 4. The fourth-order valence-corrected chi connectivity index (χ4v) is 7.97. The summed E-state index contributed by atoms with van der Waals surface area (Å²) in [6.45, 7) is 2.37. The number of nitrogens with two attached hydrogens (primary N) is 1. The van der Waals surface area contributed by atoms with Gasteiger partial charge in [0.05, 0.1) is 18.4 Å². The van der Waals surface area contributed by atoms with Crippen LogP contribution in [-0.4, -0.2) is 59.1 Å². The number of carbonyl (C=O) groups excluding carboxylic acids is 1. The van der Waals surface area contributed by atoms with Crippen LogP contribution in [0.5, 0.6) is 0 Å². The van der Waals surface area contributed by atoms with E-state index in [1.54, 1.807) is 4.31 Å². The fourth-order valence-electron chi connectivity index (χ4n) is 6.97. The molecule has 5 N–H and O–H groups in total. The standard InChI is InChI=1S/C35H44N6O3S2/c1-46(43,44)40-14-12-30(13-15-40)41-23-32(26-8-5-9-27(17-26)35(36)45)31-11-10-25(16-33(31)41)21-39-34(42)19-28-18-29(22-38-28)37-20-24-6-3-2-4-7-24/h5,8-11,16-18,22-24,30,37-38H,2-4,6-7,12-15,19-21H2,1H3,(H2,36,45)(H,39,42). The van der Waals surface area contributed by atoms with Crippen molar-refractivity contribution in [2.24, 2.45) is 11.7 Å². The number of anilines is 1. The first-order valence-corrected chi connectivity index (χ1v) is 18.6. The van der Waals surface area contributed by atoms with Crippen molar-refractivity contribution >= 4 is 49.7 Å². The summed E-state index contributed by atoms with van der Waals surface area (Å²) in [6.07, 6.45) is 13.7. The lowest BCUT2D eigenvalue weighted by atomic mass is 9.89. The summed E-state index contributed by atoms with van der Waals surface area (Å²) in [6, 6.07) is 16.4. The Kier molecular flexibility index (Phi) is 9.81. The van der Waals surface area contributed by atoms with Crippen LogP contribution in [0.25, 0.3) is 22.0 Å². The number of nitrogens with one attached hydrogen (secondary N) is 3. The van der Waals surface area contributed by atoms with E-state index < -0.39 is 10.0 Å². The maximum atomic E-state index is 12.9. The molecule has 1 amide bonds. The Balaban J connectivity index is 1.17. The van der Waals surface area contributed by atoms with Crippen LogP contribution in [0.1, 0.15) is 67.8 Å². The van der Waals surface area contributed by atoms with Crippen LogP contribution in [0.2, 0.25) is 0 Å². The van der Waals surface area contributed by atoms with Crippen LogP contribution >= 0.6 is 12.2 Å². The van der Waals surface area contributed by atoms with Crippen molar-refractivity contribution in [3.05, 3.63) is 77.7 Å². The molecular formula is C35H44N6O3S2. The number of H-pyrrole nitrogens is 1. The molecular weight excluding hydrogens is 617 g/mol. The highest BCUT2D eigenvalue weighted by Gasteiger charge is 2.27. The number of amides is 1. The van der Waals surface area contributed by atoms with Crippen molar-refractivity contribution < 1.29 is 13.2 Å². The second-order valence-electron chi connectivity index (χ2n) is 12.9. The first-order chi connectivity index (χ1) is 22.1. The van der Waals surface area contributed by atoms with Crippen LogP contribution in [-0.2, 0) is 27.8 Å². The summed E-state index contributed by atoms with van der Waals surface area (Å²) < 4.78 is 28.1. The molecule has 11 heteroatoms. The minimum atomic E-state index is -3.22. The van der Waals surface area contributed by atoms with E-state index in [0.29, 0.717) is 24.6 Å². The van der Waals surface area contributed by atoms with Crippen LogP contribution in [0.3, 0.4) is 0 Å². The first kappa shape index (κ1) is 32.3.